The van der Waals surface area contributed by atoms with Gasteiger partial charge >= 0.3 is 6.03 Å². The highest BCUT2D eigenvalue weighted by Crippen LogP contribution is 2.36. The van der Waals surface area contributed by atoms with Crippen LogP contribution in [0.4, 0.5) is 10.5 Å². The number of amides is 4. The molecule has 0 aromatic heterocycles. The van der Waals surface area contributed by atoms with Crippen LogP contribution in [0.5, 0.6) is 0 Å². The minimum Gasteiger partial charge on any atom is -0.277 e. The number of nitrogens with zero attached hydrogens (tertiary/aromatic N) is 1. The van der Waals surface area contributed by atoms with E-state index in [1.54, 1.807) is 30.3 Å². The summed E-state index contributed by atoms with van der Waals surface area (Å²) in [6, 6.07) is 26.7. The number of hydrogen-bond donors (Lipinski definition) is 1. The van der Waals surface area contributed by atoms with Gasteiger partial charge in [0.15, 0.2) is 0 Å². The first-order valence-corrected chi connectivity index (χ1v) is 9.00. The molecule has 4 amide bonds. The predicted octanol–water partition coefficient (Wildman–Crippen LogP) is 3.72. The maximum Gasteiger partial charge on any atom is 0.335 e. The van der Waals surface area contributed by atoms with Crippen molar-refractivity contribution in [3.8, 4) is 0 Å². The van der Waals surface area contributed by atoms with E-state index in [2.05, 4.69) is 5.32 Å². The van der Waals surface area contributed by atoms with Gasteiger partial charge in [0.1, 0.15) is 5.92 Å². The van der Waals surface area contributed by atoms with Crippen LogP contribution in [0.2, 0.25) is 0 Å². The van der Waals surface area contributed by atoms with Gasteiger partial charge < -0.3 is 0 Å². The molecule has 0 aliphatic carbocycles. The summed E-state index contributed by atoms with van der Waals surface area (Å²) in [7, 11) is 0. The van der Waals surface area contributed by atoms with Crippen molar-refractivity contribution in [1.82, 2.24) is 5.32 Å². The van der Waals surface area contributed by atoms with Gasteiger partial charge in [-0.05, 0) is 23.3 Å². The first-order valence-electron chi connectivity index (χ1n) is 9.00. The van der Waals surface area contributed by atoms with Crippen molar-refractivity contribution in [2.75, 3.05) is 4.90 Å². The summed E-state index contributed by atoms with van der Waals surface area (Å²) in [6.45, 7) is 0. The van der Waals surface area contributed by atoms with Crippen molar-refractivity contribution in [3.05, 3.63) is 102 Å². The molecule has 1 heterocycles. The number of para-hydroxylation sites is 1. The van der Waals surface area contributed by atoms with Crippen molar-refractivity contribution < 1.29 is 14.4 Å². The lowest BCUT2D eigenvalue weighted by molar-refractivity contribution is -0.134. The third kappa shape index (κ3) is 3.18. The topological polar surface area (TPSA) is 66.5 Å². The quantitative estimate of drug-likeness (QED) is 0.712. The third-order valence-electron chi connectivity index (χ3n) is 4.87. The number of nitrogens with one attached hydrogen (secondary N) is 1. The molecule has 3 aromatic rings. The first-order chi connectivity index (χ1) is 13.7. The van der Waals surface area contributed by atoms with Crippen LogP contribution in [-0.4, -0.2) is 17.8 Å². The standard InChI is InChI=1S/C23H18N2O3/c26-21-20(22(27)25(23(28)24-21)18-14-8-3-9-15-18)19(16-10-4-1-5-11-16)17-12-6-2-7-13-17/h1-15,19-20H,(H,24,26,28)/t20-/m0/s1. The number of rotatable bonds is 4. The van der Waals surface area contributed by atoms with Crippen molar-refractivity contribution in [2.24, 2.45) is 5.92 Å². The summed E-state index contributed by atoms with van der Waals surface area (Å²) in [6.07, 6.45) is 0. The normalized spacial score (nSPS) is 17.0. The van der Waals surface area contributed by atoms with Gasteiger partial charge in [0.25, 0.3) is 0 Å². The van der Waals surface area contributed by atoms with Gasteiger partial charge in [0.05, 0.1) is 5.69 Å². The van der Waals surface area contributed by atoms with Gasteiger partial charge in [0, 0.05) is 5.92 Å². The van der Waals surface area contributed by atoms with Crippen LogP contribution in [-0.2, 0) is 9.59 Å². The van der Waals surface area contributed by atoms with Gasteiger partial charge in [-0.2, -0.15) is 0 Å². The number of benzene rings is 3. The molecule has 0 spiro atoms. The summed E-state index contributed by atoms with van der Waals surface area (Å²) < 4.78 is 0. The van der Waals surface area contributed by atoms with Crippen LogP contribution in [0.3, 0.4) is 0 Å². The van der Waals surface area contributed by atoms with E-state index in [4.69, 9.17) is 0 Å². The Labute approximate surface area is 162 Å². The lowest BCUT2D eigenvalue weighted by atomic mass is 9.78. The zero-order valence-corrected chi connectivity index (χ0v) is 15.0. The molecule has 1 saturated heterocycles. The van der Waals surface area contributed by atoms with Crippen molar-refractivity contribution in [2.45, 2.75) is 5.92 Å². The molecule has 1 N–H and O–H groups in total. The molecule has 28 heavy (non-hydrogen) atoms. The highest BCUT2D eigenvalue weighted by Gasteiger charge is 2.46. The van der Waals surface area contributed by atoms with Crippen molar-refractivity contribution in [3.63, 3.8) is 0 Å². The molecule has 5 nitrogen and oxygen atoms in total. The Morgan fingerprint density at radius 3 is 1.64 bits per heavy atom. The van der Waals surface area contributed by atoms with E-state index in [-0.39, 0.29) is 0 Å². The lowest BCUT2D eigenvalue weighted by Crippen LogP contribution is -2.59. The summed E-state index contributed by atoms with van der Waals surface area (Å²) in [5.41, 5.74) is 2.11. The van der Waals surface area contributed by atoms with Gasteiger partial charge in [-0.25, -0.2) is 9.69 Å². The number of hydrogen-bond acceptors (Lipinski definition) is 3. The summed E-state index contributed by atoms with van der Waals surface area (Å²) in [4.78, 5) is 39.7. The second kappa shape index (κ2) is 7.48. The number of carbonyl (C=O) groups excluding carboxylic acids is 3. The average Bonchev–Trinajstić information content (AvgIpc) is 2.73. The van der Waals surface area contributed by atoms with Crippen LogP contribution < -0.4 is 10.2 Å². The fraction of sp³-hybridized carbons (Fsp3) is 0.0870. The largest absolute Gasteiger partial charge is 0.335 e. The molecule has 0 saturated carbocycles. The Bertz CT molecular complexity index is 964. The predicted molar refractivity (Wildman–Crippen MR) is 106 cm³/mol. The Morgan fingerprint density at radius 1 is 0.679 bits per heavy atom. The number of urea groups is 1. The molecule has 1 aliphatic rings. The Balaban J connectivity index is 1.82. The summed E-state index contributed by atoms with van der Waals surface area (Å²) >= 11 is 0. The van der Waals surface area contributed by atoms with E-state index < -0.39 is 29.7 Å². The zero-order chi connectivity index (χ0) is 19.5. The van der Waals surface area contributed by atoms with Gasteiger partial charge in [-0.3, -0.25) is 14.9 Å². The molecule has 0 bridgehead atoms. The number of barbiturate groups is 1. The number of anilines is 1. The van der Waals surface area contributed by atoms with Crippen LogP contribution in [0.1, 0.15) is 17.0 Å². The maximum atomic E-state index is 13.4. The lowest BCUT2D eigenvalue weighted by Gasteiger charge is -2.34. The summed E-state index contributed by atoms with van der Waals surface area (Å²) in [5, 5.41) is 2.36. The van der Waals surface area contributed by atoms with Gasteiger partial charge in [0.2, 0.25) is 11.8 Å². The highest BCUT2D eigenvalue weighted by atomic mass is 16.2. The second-order valence-corrected chi connectivity index (χ2v) is 6.58. The van der Waals surface area contributed by atoms with E-state index >= 15 is 0 Å². The Kier molecular flexibility index (Phi) is 4.72. The van der Waals surface area contributed by atoms with Crippen LogP contribution >= 0.6 is 0 Å². The minimum absolute atomic E-state index is 0.433. The fourth-order valence-corrected chi connectivity index (χ4v) is 3.60. The van der Waals surface area contributed by atoms with E-state index in [1.165, 1.54) is 0 Å². The summed E-state index contributed by atoms with van der Waals surface area (Å²) in [5.74, 6) is -2.67. The smallest absolute Gasteiger partial charge is 0.277 e. The molecule has 5 heteroatoms. The highest BCUT2D eigenvalue weighted by molar-refractivity contribution is 6.28. The van der Waals surface area contributed by atoms with E-state index in [9.17, 15) is 14.4 Å². The van der Waals surface area contributed by atoms with Gasteiger partial charge in [-0.15, -0.1) is 0 Å². The molecule has 0 radical (unpaired) electrons. The molecule has 3 aromatic carbocycles. The molecule has 0 unspecified atom stereocenters. The minimum atomic E-state index is -1.05. The van der Waals surface area contributed by atoms with E-state index in [0.29, 0.717) is 5.69 Å². The van der Waals surface area contributed by atoms with E-state index in [1.807, 2.05) is 60.7 Å². The van der Waals surface area contributed by atoms with Crippen LogP contribution in [0.15, 0.2) is 91.0 Å². The molecule has 138 valence electrons. The average molecular weight is 370 g/mol. The van der Waals surface area contributed by atoms with Gasteiger partial charge in [-0.1, -0.05) is 78.9 Å². The maximum absolute atomic E-state index is 13.4. The monoisotopic (exact) mass is 370 g/mol. The molecule has 1 atom stereocenters. The van der Waals surface area contributed by atoms with Crippen molar-refractivity contribution >= 4 is 23.5 Å². The molecule has 1 fully saturated rings. The first kappa shape index (κ1) is 17.7. The zero-order valence-electron chi connectivity index (χ0n) is 15.0. The molecule has 4 rings (SSSR count). The molecular weight excluding hydrogens is 352 g/mol. The van der Waals surface area contributed by atoms with Crippen LogP contribution in [0.25, 0.3) is 0 Å². The number of carbonyl (C=O) groups is 3. The SMILES string of the molecule is O=C1NC(=O)N(c2ccccc2)C(=O)[C@H]1C(c1ccccc1)c1ccccc1. The Hall–Kier alpha value is -3.73. The third-order valence-corrected chi connectivity index (χ3v) is 4.87. The number of imide groups is 2. The molecule has 1 aliphatic heterocycles. The Morgan fingerprint density at radius 2 is 1.14 bits per heavy atom. The molecular formula is C23H18N2O3. The van der Waals surface area contributed by atoms with Crippen molar-refractivity contribution in [1.29, 1.82) is 0 Å². The second-order valence-electron chi connectivity index (χ2n) is 6.58. The van der Waals surface area contributed by atoms with E-state index in [0.717, 1.165) is 16.0 Å². The fourth-order valence-electron chi connectivity index (χ4n) is 3.60. The van der Waals surface area contributed by atoms with Crippen LogP contribution in [0, 0.1) is 5.92 Å².